The fourth-order valence-corrected chi connectivity index (χ4v) is 3.03. The molecule has 0 aromatic carbocycles. The van der Waals surface area contributed by atoms with E-state index in [-0.39, 0.29) is 0 Å². The molecule has 0 aromatic rings. The van der Waals surface area contributed by atoms with Gasteiger partial charge in [0.05, 0.1) is 0 Å². The summed E-state index contributed by atoms with van der Waals surface area (Å²) in [5.41, 5.74) is 0. The van der Waals surface area contributed by atoms with E-state index >= 15 is 0 Å². The zero-order valence-electron chi connectivity index (χ0n) is 12.6. The summed E-state index contributed by atoms with van der Waals surface area (Å²) in [6.45, 7) is 14.2. The van der Waals surface area contributed by atoms with Gasteiger partial charge in [0.25, 0.3) is 0 Å². The Morgan fingerprint density at radius 3 is 1.81 bits per heavy atom. The van der Waals surface area contributed by atoms with Crippen LogP contribution in [0.2, 0.25) is 0 Å². The monoisotopic (exact) mass is 226 g/mol. The molecular formula is C16H34. The Morgan fingerprint density at radius 2 is 1.44 bits per heavy atom. The van der Waals surface area contributed by atoms with E-state index < -0.39 is 0 Å². The summed E-state index contributed by atoms with van der Waals surface area (Å²) < 4.78 is 0. The van der Waals surface area contributed by atoms with Gasteiger partial charge in [-0.05, 0) is 30.1 Å². The third kappa shape index (κ3) is 6.55. The SMILES string of the molecule is CCCCC(CC(C)C)C(CCC)C(C)C. The zero-order chi connectivity index (χ0) is 12.6. The minimum atomic E-state index is 0.861. The molecule has 0 amide bonds. The second kappa shape index (κ2) is 9.07. The van der Waals surface area contributed by atoms with Crippen LogP contribution < -0.4 is 0 Å². The molecule has 0 spiro atoms. The van der Waals surface area contributed by atoms with Crippen LogP contribution in [0.15, 0.2) is 0 Å². The molecule has 0 heterocycles. The summed E-state index contributed by atoms with van der Waals surface area (Å²) >= 11 is 0. The van der Waals surface area contributed by atoms with E-state index in [2.05, 4.69) is 41.5 Å². The van der Waals surface area contributed by atoms with Gasteiger partial charge in [0.15, 0.2) is 0 Å². The van der Waals surface area contributed by atoms with Gasteiger partial charge in [-0.3, -0.25) is 0 Å². The first kappa shape index (κ1) is 16.0. The molecule has 0 N–H and O–H groups in total. The molecule has 0 saturated heterocycles. The summed E-state index contributed by atoms with van der Waals surface area (Å²) in [5.74, 6) is 3.65. The standard InChI is InChI=1S/C16H34/c1-7-9-11-15(12-13(3)4)16(10-8-2)14(5)6/h13-16H,7-12H2,1-6H3. The van der Waals surface area contributed by atoms with E-state index in [0.717, 1.165) is 23.7 Å². The van der Waals surface area contributed by atoms with E-state index in [4.69, 9.17) is 0 Å². The maximum absolute atomic E-state index is 2.42. The normalized spacial score (nSPS) is 15.8. The molecule has 0 nitrogen and oxygen atoms in total. The van der Waals surface area contributed by atoms with Gasteiger partial charge >= 0.3 is 0 Å². The summed E-state index contributed by atoms with van der Waals surface area (Å²) in [5, 5.41) is 0. The van der Waals surface area contributed by atoms with Crippen LogP contribution in [0.1, 0.15) is 80.1 Å². The van der Waals surface area contributed by atoms with Gasteiger partial charge in [-0.2, -0.15) is 0 Å². The van der Waals surface area contributed by atoms with Gasteiger partial charge < -0.3 is 0 Å². The van der Waals surface area contributed by atoms with Crippen LogP contribution in [-0.4, -0.2) is 0 Å². The van der Waals surface area contributed by atoms with Crippen molar-refractivity contribution in [3.05, 3.63) is 0 Å². The van der Waals surface area contributed by atoms with Crippen LogP contribution in [0, 0.1) is 23.7 Å². The van der Waals surface area contributed by atoms with Gasteiger partial charge in [-0.15, -0.1) is 0 Å². The molecule has 0 fully saturated rings. The fraction of sp³-hybridized carbons (Fsp3) is 1.00. The Morgan fingerprint density at radius 1 is 0.812 bits per heavy atom. The van der Waals surface area contributed by atoms with Gasteiger partial charge in [0.1, 0.15) is 0 Å². The van der Waals surface area contributed by atoms with E-state index in [0.29, 0.717) is 0 Å². The van der Waals surface area contributed by atoms with Crippen molar-refractivity contribution in [1.82, 2.24) is 0 Å². The number of hydrogen-bond donors (Lipinski definition) is 0. The van der Waals surface area contributed by atoms with E-state index in [1.807, 2.05) is 0 Å². The maximum Gasteiger partial charge on any atom is -0.0363 e. The molecule has 0 aliphatic heterocycles. The molecule has 0 heteroatoms. The number of unbranched alkanes of at least 4 members (excludes halogenated alkanes) is 1. The molecule has 0 aliphatic rings. The van der Waals surface area contributed by atoms with Crippen molar-refractivity contribution in [2.45, 2.75) is 80.1 Å². The quantitative estimate of drug-likeness (QED) is 0.458. The minimum absolute atomic E-state index is 0.861. The summed E-state index contributed by atoms with van der Waals surface area (Å²) in [6, 6.07) is 0. The lowest BCUT2D eigenvalue weighted by atomic mass is 9.74. The average molecular weight is 226 g/mol. The topological polar surface area (TPSA) is 0 Å². The Labute approximate surface area is 104 Å². The predicted octanol–water partition coefficient (Wildman–Crippen LogP) is 5.91. The van der Waals surface area contributed by atoms with Crippen LogP contribution in [0.25, 0.3) is 0 Å². The highest BCUT2D eigenvalue weighted by Gasteiger charge is 2.23. The van der Waals surface area contributed by atoms with Gasteiger partial charge in [0, 0.05) is 0 Å². The Hall–Kier alpha value is 0. The van der Waals surface area contributed by atoms with Crippen LogP contribution in [0.4, 0.5) is 0 Å². The first-order valence-electron chi connectivity index (χ1n) is 7.52. The Bertz CT molecular complexity index is 146. The highest BCUT2D eigenvalue weighted by atomic mass is 14.3. The van der Waals surface area contributed by atoms with Crippen LogP contribution in [-0.2, 0) is 0 Å². The Kier molecular flexibility index (Phi) is 9.07. The average Bonchev–Trinajstić information content (AvgIpc) is 2.20. The summed E-state index contributed by atoms with van der Waals surface area (Å²) in [6.07, 6.45) is 8.44. The van der Waals surface area contributed by atoms with Crippen LogP contribution in [0.5, 0.6) is 0 Å². The van der Waals surface area contributed by atoms with Crippen molar-refractivity contribution in [3.63, 3.8) is 0 Å². The van der Waals surface area contributed by atoms with Gasteiger partial charge in [-0.1, -0.05) is 73.6 Å². The van der Waals surface area contributed by atoms with Crippen molar-refractivity contribution >= 4 is 0 Å². The maximum atomic E-state index is 2.42. The van der Waals surface area contributed by atoms with Gasteiger partial charge in [-0.25, -0.2) is 0 Å². The zero-order valence-corrected chi connectivity index (χ0v) is 12.6. The molecule has 98 valence electrons. The first-order valence-corrected chi connectivity index (χ1v) is 7.52. The molecule has 0 radical (unpaired) electrons. The van der Waals surface area contributed by atoms with Gasteiger partial charge in [0.2, 0.25) is 0 Å². The second-order valence-corrected chi connectivity index (χ2v) is 6.23. The molecule has 16 heavy (non-hydrogen) atoms. The molecule has 0 aromatic heterocycles. The lowest BCUT2D eigenvalue weighted by molar-refractivity contribution is 0.190. The number of hydrogen-bond acceptors (Lipinski definition) is 0. The largest absolute Gasteiger partial charge is 0.0654 e. The van der Waals surface area contributed by atoms with Crippen molar-refractivity contribution in [1.29, 1.82) is 0 Å². The highest BCUT2D eigenvalue weighted by Crippen LogP contribution is 2.34. The molecule has 0 rings (SSSR count). The lowest BCUT2D eigenvalue weighted by Gasteiger charge is -2.31. The first-order chi connectivity index (χ1) is 7.52. The highest BCUT2D eigenvalue weighted by molar-refractivity contribution is 4.74. The smallest absolute Gasteiger partial charge is 0.0363 e. The Balaban J connectivity index is 4.39. The molecule has 0 saturated carbocycles. The summed E-state index contributed by atoms with van der Waals surface area (Å²) in [7, 11) is 0. The fourth-order valence-electron chi connectivity index (χ4n) is 3.03. The molecule has 0 aliphatic carbocycles. The van der Waals surface area contributed by atoms with E-state index in [1.54, 1.807) is 0 Å². The van der Waals surface area contributed by atoms with E-state index in [1.165, 1.54) is 38.5 Å². The lowest BCUT2D eigenvalue weighted by Crippen LogP contribution is -2.22. The number of rotatable bonds is 9. The molecule has 2 unspecified atom stereocenters. The van der Waals surface area contributed by atoms with Crippen molar-refractivity contribution < 1.29 is 0 Å². The molecule has 2 atom stereocenters. The van der Waals surface area contributed by atoms with Crippen molar-refractivity contribution in [3.8, 4) is 0 Å². The second-order valence-electron chi connectivity index (χ2n) is 6.23. The minimum Gasteiger partial charge on any atom is -0.0654 e. The van der Waals surface area contributed by atoms with Crippen molar-refractivity contribution in [2.75, 3.05) is 0 Å². The van der Waals surface area contributed by atoms with Crippen LogP contribution >= 0.6 is 0 Å². The predicted molar refractivity (Wildman–Crippen MR) is 75.7 cm³/mol. The van der Waals surface area contributed by atoms with Crippen molar-refractivity contribution in [2.24, 2.45) is 23.7 Å². The summed E-state index contributed by atoms with van der Waals surface area (Å²) in [4.78, 5) is 0. The molecule has 0 bridgehead atoms. The van der Waals surface area contributed by atoms with E-state index in [9.17, 15) is 0 Å². The third-order valence-electron chi connectivity index (χ3n) is 3.79. The third-order valence-corrected chi connectivity index (χ3v) is 3.79. The van der Waals surface area contributed by atoms with Crippen LogP contribution in [0.3, 0.4) is 0 Å². The molecular weight excluding hydrogens is 192 g/mol.